The van der Waals surface area contributed by atoms with Crippen LogP contribution in [0.3, 0.4) is 0 Å². The lowest BCUT2D eigenvalue weighted by Gasteiger charge is -2.49. The molecule has 232 valence electrons. The third-order valence-electron chi connectivity index (χ3n) is 8.61. The Balaban J connectivity index is 1.21. The Morgan fingerprint density at radius 2 is 2.04 bits per heavy atom. The predicted octanol–water partition coefficient (Wildman–Crippen LogP) is 1.86. The molecule has 4 aromatic rings. The highest BCUT2D eigenvalue weighted by molar-refractivity contribution is 5.93. The van der Waals surface area contributed by atoms with E-state index in [0.717, 1.165) is 5.69 Å². The monoisotopic (exact) mass is 611 g/mol. The van der Waals surface area contributed by atoms with Crippen molar-refractivity contribution >= 4 is 17.3 Å². The normalized spacial score (nSPS) is 17.0. The Hall–Kier alpha value is -5.13. The van der Waals surface area contributed by atoms with Crippen LogP contribution in [0.1, 0.15) is 41.9 Å². The largest absolute Gasteiger partial charge is 0.479 e. The Morgan fingerprint density at radius 3 is 2.69 bits per heavy atom. The van der Waals surface area contributed by atoms with Crippen LogP contribution in [-0.2, 0) is 14.3 Å². The van der Waals surface area contributed by atoms with E-state index in [4.69, 9.17) is 9.47 Å². The summed E-state index contributed by atoms with van der Waals surface area (Å²) in [6.45, 7) is 6.58. The molecule has 2 amide bonds. The number of amides is 2. The number of aliphatic hydroxyl groups is 1. The number of carbonyl (C=O) groups excluding carboxylic acids is 2. The second kappa shape index (κ2) is 12.1. The van der Waals surface area contributed by atoms with Gasteiger partial charge in [0, 0.05) is 38.2 Å². The molecule has 2 aliphatic heterocycles. The van der Waals surface area contributed by atoms with Gasteiger partial charge in [0.1, 0.15) is 28.6 Å². The quantitative estimate of drug-likeness (QED) is 0.276. The van der Waals surface area contributed by atoms with E-state index in [1.165, 1.54) is 19.4 Å². The van der Waals surface area contributed by atoms with Crippen molar-refractivity contribution in [2.45, 2.75) is 37.5 Å². The van der Waals surface area contributed by atoms with Crippen LogP contribution in [0.4, 0.5) is 0 Å². The van der Waals surface area contributed by atoms with E-state index in [2.05, 4.69) is 33.0 Å². The third kappa shape index (κ3) is 5.30. The highest BCUT2D eigenvalue weighted by Crippen LogP contribution is 2.35. The molecule has 0 saturated carbocycles. The Bertz CT molecular complexity index is 1780. The molecule has 0 radical (unpaired) electrons. The molecule has 1 atom stereocenters. The van der Waals surface area contributed by atoms with Gasteiger partial charge in [-0.2, -0.15) is 10.4 Å². The van der Waals surface area contributed by atoms with E-state index in [-0.39, 0.29) is 37.6 Å². The van der Waals surface area contributed by atoms with E-state index in [0.29, 0.717) is 59.7 Å². The van der Waals surface area contributed by atoms with Crippen molar-refractivity contribution in [3.8, 4) is 23.1 Å². The molecule has 0 aromatic carbocycles. The van der Waals surface area contributed by atoms with E-state index >= 15 is 0 Å². The Labute approximate surface area is 259 Å². The van der Waals surface area contributed by atoms with Gasteiger partial charge in [0.25, 0.3) is 5.91 Å². The number of aliphatic hydroxyl groups excluding tert-OH is 1. The van der Waals surface area contributed by atoms with Crippen LogP contribution in [-0.4, -0.2) is 102 Å². The first-order valence-corrected chi connectivity index (χ1v) is 14.6. The third-order valence-corrected chi connectivity index (χ3v) is 8.61. The summed E-state index contributed by atoms with van der Waals surface area (Å²) in [5, 5.41) is 33.2. The number of ether oxygens (including phenoxy) is 2. The van der Waals surface area contributed by atoms with Gasteiger partial charge in [-0.3, -0.25) is 14.6 Å². The number of rotatable bonds is 9. The maximum atomic E-state index is 13.4. The number of carbonyl (C=O) groups is 2. The van der Waals surface area contributed by atoms with Crippen molar-refractivity contribution in [1.82, 2.24) is 39.4 Å². The van der Waals surface area contributed by atoms with E-state index < -0.39 is 11.7 Å². The van der Waals surface area contributed by atoms with E-state index in [9.17, 15) is 20.0 Å². The minimum atomic E-state index is -1.02. The topological polar surface area (TPSA) is 164 Å². The number of nitriles is 1. The van der Waals surface area contributed by atoms with Crippen LogP contribution in [0.2, 0.25) is 0 Å². The number of fused-ring (bicyclic) bond motifs is 1. The van der Waals surface area contributed by atoms with Crippen LogP contribution in [0.5, 0.6) is 5.75 Å². The molecule has 0 aliphatic carbocycles. The van der Waals surface area contributed by atoms with Gasteiger partial charge in [-0.25, -0.2) is 9.20 Å². The SMILES string of the molecule is C=CC(=O)N1CC(OC)(C(=O)N2CCC(n3nnc(-c4cc(O[C@@H](CO)c5ccccn5)c5c(C#N)cnn5c4)c3C)CC2)C1. The molecule has 1 N–H and O–H groups in total. The summed E-state index contributed by atoms with van der Waals surface area (Å²) < 4.78 is 15.3. The first kappa shape index (κ1) is 29.9. The van der Waals surface area contributed by atoms with Crippen LogP contribution in [0.25, 0.3) is 16.8 Å². The van der Waals surface area contributed by atoms with Crippen LogP contribution >= 0.6 is 0 Å². The average molecular weight is 612 g/mol. The molecule has 0 spiro atoms. The summed E-state index contributed by atoms with van der Waals surface area (Å²) in [6, 6.07) is 9.29. The maximum Gasteiger partial charge on any atom is 0.258 e. The van der Waals surface area contributed by atoms with Gasteiger partial charge in [0.15, 0.2) is 11.7 Å². The molecule has 4 aromatic heterocycles. The van der Waals surface area contributed by atoms with Crippen molar-refractivity contribution in [2.24, 2.45) is 0 Å². The van der Waals surface area contributed by atoms with Gasteiger partial charge in [-0.15, -0.1) is 5.10 Å². The number of pyridine rings is 2. The highest BCUT2D eigenvalue weighted by atomic mass is 16.5. The number of likely N-dealkylation sites (tertiary alicyclic amines) is 2. The second-order valence-corrected chi connectivity index (χ2v) is 11.2. The highest BCUT2D eigenvalue weighted by Gasteiger charge is 2.53. The van der Waals surface area contributed by atoms with Gasteiger partial charge >= 0.3 is 0 Å². The van der Waals surface area contributed by atoms with Crippen molar-refractivity contribution in [3.63, 3.8) is 0 Å². The lowest BCUT2D eigenvalue weighted by Crippen LogP contribution is -2.71. The molecule has 6 rings (SSSR count). The molecule has 0 bridgehead atoms. The van der Waals surface area contributed by atoms with E-state index in [1.807, 2.05) is 17.7 Å². The molecule has 0 unspecified atom stereocenters. The molecular weight excluding hydrogens is 578 g/mol. The molecule has 6 heterocycles. The zero-order valence-corrected chi connectivity index (χ0v) is 25.0. The summed E-state index contributed by atoms with van der Waals surface area (Å²) in [7, 11) is 1.50. The molecule has 2 saturated heterocycles. The van der Waals surface area contributed by atoms with Crippen LogP contribution < -0.4 is 4.74 Å². The molecule has 45 heavy (non-hydrogen) atoms. The second-order valence-electron chi connectivity index (χ2n) is 11.2. The molecule has 14 nitrogen and oxygen atoms in total. The molecular formula is C31H33N9O5. The zero-order valence-electron chi connectivity index (χ0n) is 25.0. The Kier molecular flexibility index (Phi) is 8.05. The minimum Gasteiger partial charge on any atom is -0.479 e. The van der Waals surface area contributed by atoms with Gasteiger partial charge in [-0.1, -0.05) is 17.9 Å². The first-order chi connectivity index (χ1) is 21.8. The fourth-order valence-electron chi connectivity index (χ4n) is 6.06. The smallest absolute Gasteiger partial charge is 0.258 e. The Morgan fingerprint density at radius 1 is 1.27 bits per heavy atom. The van der Waals surface area contributed by atoms with Crippen LogP contribution in [0, 0.1) is 18.3 Å². The number of nitrogens with zero attached hydrogens (tertiary/aromatic N) is 9. The lowest BCUT2D eigenvalue weighted by molar-refractivity contribution is -0.182. The molecule has 2 aliphatic rings. The fourth-order valence-corrected chi connectivity index (χ4v) is 6.06. The van der Waals surface area contributed by atoms with Gasteiger partial charge in [0.2, 0.25) is 5.91 Å². The standard InChI is InChI=1S/C31H33N9O5/c1-4-27(42)38-18-31(19-38,44-3)30(43)37-11-8-23(9-12-37)40-20(2)28(35-36-40)21-13-25(29-22(14-32)15-34-39(29)16-21)45-26(17-41)24-7-5-6-10-33-24/h4-7,10,13,15-16,23,26,41H,1,8-9,11-12,17-19H2,2-3H3/t26-/m0/s1. The van der Waals surface area contributed by atoms with Crippen LogP contribution in [0.15, 0.2) is 55.5 Å². The van der Waals surface area contributed by atoms with Gasteiger partial charge in [0.05, 0.1) is 43.3 Å². The number of hydrogen-bond donors (Lipinski definition) is 1. The van der Waals surface area contributed by atoms with Crippen molar-refractivity contribution in [3.05, 3.63) is 72.5 Å². The van der Waals surface area contributed by atoms with Gasteiger partial charge in [-0.05, 0) is 44.0 Å². The molecule has 2 fully saturated rings. The average Bonchev–Trinajstić information content (AvgIpc) is 3.66. The van der Waals surface area contributed by atoms with Crippen molar-refractivity contribution in [2.75, 3.05) is 39.9 Å². The zero-order chi connectivity index (χ0) is 31.7. The van der Waals surface area contributed by atoms with Crippen molar-refractivity contribution < 1.29 is 24.2 Å². The fraction of sp³-hybridized carbons (Fsp3) is 0.387. The minimum absolute atomic E-state index is 0.0197. The predicted molar refractivity (Wildman–Crippen MR) is 160 cm³/mol. The summed E-state index contributed by atoms with van der Waals surface area (Å²) in [4.78, 5) is 33.0. The summed E-state index contributed by atoms with van der Waals surface area (Å²) in [5.74, 6) is 0.0173. The van der Waals surface area contributed by atoms with Crippen molar-refractivity contribution in [1.29, 1.82) is 5.26 Å². The number of hydrogen-bond acceptors (Lipinski definition) is 10. The number of methoxy groups -OCH3 is 1. The number of piperidine rings is 1. The summed E-state index contributed by atoms with van der Waals surface area (Å²) >= 11 is 0. The van der Waals surface area contributed by atoms with Gasteiger partial charge < -0.3 is 24.4 Å². The first-order valence-electron chi connectivity index (χ1n) is 14.6. The summed E-state index contributed by atoms with van der Waals surface area (Å²) in [6.07, 6.45) is 6.67. The van der Waals surface area contributed by atoms with E-state index in [1.54, 1.807) is 44.9 Å². The summed E-state index contributed by atoms with van der Waals surface area (Å²) in [5.41, 5.74) is 2.43. The number of aromatic nitrogens is 6. The lowest BCUT2D eigenvalue weighted by atomic mass is 9.90. The maximum absolute atomic E-state index is 13.4. The molecule has 14 heteroatoms.